The number of hydrogen-bond donors (Lipinski definition) is 0. The first kappa shape index (κ1) is 18.2. The maximum Gasteiger partial charge on any atom is 0.247 e. The van der Waals surface area contributed by atoms with Crippen molar-refractivity contribution in [3.05, 3.63) is 79.2 Å². The zero-order chi connectivity index (χ0) is 19.3. The number of nitrogens with zero attached hydrogens (tertiary/aromatic N) is 5. The summed E-state index contributed by atoms with van der Waals surface area (Å²) >= 11 is 1.53. The SMILES string of the molecule is C=CCn1c(S[C@@H](C)c2nnc(-c3ccccc3)o2)nnc1-c1ccccc1. The molecule has 7 heteroatoms. The van der Waals surface area contributed by atoms with Crippen LogP contribution in [0.25, 0.3) is 22.8 Å². The van der Waals surface area contributed by atoms with E-state index in [1.807, 2.05) is 78.2 Å². The molecule has 0 unspecified atom stereocenters. The van der Waals surface area contributed by atoms with Gasteiger partial charge in [-0.2, -0.15) is 0 Å². The van der Waals surface area contributed by atoms with Crippen LogP contribution in [0, 0.1) is 0 Å². The maximum absolute atomic E-state index is 5.87. The Kier molecular flexibility index (Phi) is 5.34. The van der Waals surface area contributed by atoms with Gasteiger partial charge < -0.3 is 4.42 Å². The monoisotopic (exact) mass is 389 g/mol. The molecule has 4 aromatic rings. The maximum atomic E-state index is 5.87. The second kappa shape index (κ2) is 8.22. The van der Waals surface area contributed by atoms with Crippen molar-refractivity contribution in [1.82, 2.24) is 25.0 Å². The summed E-state index contributed by atoms with van der Waals surface area (Å²) in [7, 11) is 0. The lowest BCUT2D eigenvalue weighted by Gasteiger charge is -2.09. The molecule has 2 heterocycles. The van der Waals surface area contributed by atoms with E-state index in [9.17, 15) is 0 Å². The molecule has 0 aliphatic carbocycles. The summed E-state index contributed by atoms with van der Waals surface area (Å²) in [5.74, 6) is 1.88. The quantitative estimate of drug-likeness (QED) is 0.326. The normalized spacial score (nSPS) is 12.0. The predicted octanol–water partition coefficient (Wildman–Crippen LogP) is 5.03. The highest BCUT2D eigenvalue weighted by Crippen LogP contribution is 2.35. The first-order valence-electron chi connectivity index (χ1n) is 8.91. The van der Waals surface area contributed by atoms with Crippen LogP contribution >= 0.6 is 11.8 Å². The third-order valence-electron chi connectivity index (χ3n) is 4.15. The minimum Gasteiger partial charge on any atom is -0.419 e. The van der Waals surface area contributed by atoms with Gasteiger partial charge in [0.25, 0.3) is 0 Å². The van der Waals surface area contributed by atoms with Gasteiger partial charge in [0, 0.05) is 17.7 Å². The van der Waals surface area contributed by atoms with Gasteiger partial charge in [0.2, 0.25) is 11.8 Å². The largest absolute Gasteiger partial charge is 0.419 e. The lowest BCUT2D eigenvalue weighted by molar-refractivity contribution is 0.508. The molecule has 0 aliphatic rings. The van der Waals surface area contributed by atoms with E-state index in [4.69, 9.17) is 4.42 Å². The standard InChI is InChI=1S/C21H19N5OS/c1-3-14-26-18(16-10-6-4-7-11-16)22-25-21(26)28-15(2)19-23-24-20(27-19)17-12-8-5-9-13-17/h3-13,15H,1,14H2,2H3/t15-/m0/s1. The molecule has 28 heavy (non-hydrogen) atoms. The topological polar surface area (TPSA) is 69.6 Å². The molecule has 140 valence electrons. The van der Waals surface area contributed by atoms with E-state index in [0.717, 1.165) is 22.1 Å². The predicted molar refractivity (Wildman–Crippen MR) is 110 cm³/mol. The highest BCUT2D eigenvalue weighted by molar-refractivity contribution is 7.99. The first-order chi connectivity index (χ1) is 13.8. The second-order valence-corrected chi connectivity index (χ2v) is 7.45. The Labute approximate surface area is 167 Å². The van der Waals surface area contributed by atoms with Crippen LogP contribution < -0.4 is 0 Å². The lowest BCUT2D eigenvalue weighted by atomic mass is 10.2. The molecule has 0 amide bonds. The summed E-state index contributed by atoms with van der Waals surface area (Å²) < 4.78 is 7.91. The van der Waals surface area contributed by atoms with E-state index in [1.165, 1.54) is 11.8 Å². The summed E-state index contributed by atoms with van der Waals surface area (Å²) in [5.41, 5.74) is 1.92. The van der Waals surface area contributed by atoms with Crippen molar-refractivity contribution < 1.29 is 4.42 Å². The summed E-state index contributed by atoms with van der Waals surface area (Å²) in [4.78, 5) is 0. The molecule has 4 rings (SSSR count). The molecule has 1 atom stereocenters. The van der Waals surface area contributed by atoms with Crippen LogP contribution in [0.5, 0.6) is 0 Å². The van der Waals surface area contributed by atoms with Gasteiger partial charge in [-0.25, -0.2) is 0 Å². The molecule has 0 bridgehead atoms. The van der Waals surface area contributed by atoms with Crippen LogP contribution in [0.4, 0.5) is 0 Å². The molecule has 0 saturated heterocycles. The van der Waals surface area contributed by atoms with Gasteiger partial charge in [0.05, 0.1) is 5.25 Å². The lowest BCUT2D eigenvalue weighted by Crippen LogP contribution is -2.01. The molecule has 0 N–H and O–H groups in total. The van der Waals surface area contributed by atoms with Gasteiger partial charge in [-0.3, -0.25) is 4.57 Å². The van der Waals surface area contributed by atoms with Crippen molar-refractivity contribution in [3.63, 3.8) is 0 Å². The molecule has 2 aromatic heterocycles. The van der Waals surface area contributed by atoms with Crippen LogP contribution in [0.3, 0.4) is 0 Å². The highest BCUT2D eigenvalue weighted by atomic mass is 32.2. The van der Waals surface area contributed by atoms with Crippen LogP contribution in [-0.4, -0.2) is 25.0 Å². The van der Waals surface area contributed by atoms with Gasteiger partial charge in [0.15, 0.2) is 11.0 Å². The molecule has 0 spiro atoms. The number of hydrogen-bond acceptors (Lipinski definition) is 6. The summed E-state index contributed by atoms with van der Waals surface area (Å²) in [6.07, 6.45) is 1.84. The number of thioether (sulfide) groups is 1. The van der Waals surface area contributed by atoms with E-state index in [1.54, 1.807) is 0 Å². The minimum atomic E-state index is -0.0682. The summed E-state index contributed by atoms with van der Waals surface area (Å²) in [6.45, 7) is 6.49. The van der Waals surface area contributed by atoms with Crippen LogP contribution in [0.2, 0.25) is 0 Å². The van der Waals surface area contributed by atoms with E-state index >= 15 is 0 Å². The molecule has 0 saturated carbocycles. The van der Waals surface area contributed by atoms with Crippen LogP contribution in [0.1, 0.15) is 18.1 Å². The number of rotatable bonds is 7. The van der Waals surface area contributed by atoms with E-state index < -0.39 is 0 Å². The van der Waals surface area contributed by atoms with Gasteiger partial charge in [0.1, 0.15) is 0 Å². The van der Waals surface area contributed by atoms with Crippen molar-refractivity contribution in [3.8, 4) is 22.8 Å². The zero-order valence-corrected chi connectivity index (χ0v) is 16.2. The van der Waals surface area contributed by atoms with Crippen LogP contribution in [0.15, 0.2) is 82.9 Å². The van der Waals surface area contributed by atoms with E-state index in [-0.39, 0.29) is 5.25 Å². The number of benzene rings is 2. The molecule has 0 fully saturated rings. The van der Waals surface area contributed by atoms with Gasteiger partial charge in [-0.1, -0.05) is 66.4 Å². The molecule has 0 radical (unpaired) electrons. The van der Waals surface area contributed by atoms with Crippen molar-refractivity contribution in [2.75, 3.05) is 0 Å². The van der Waals surface area contributed by atoms with Gasteiger partial charge in [-0.15, -0.1) is 27.0 Å². The van der Waals surface area contributed by atoms with Crippen molar-refractivity contribution in [2.24, 2.45) is 0 Å². The Bertz CT molecular complexity index is 1060. The minimum absolute atomic E-state index is 0.0682. The van der Waals surface area contributed by atoms with Crippen molar-refractivity contribution in [1.29, 1.82) is 0 Å². The fraction of sp³-hybridized carbons (Fsp3) is 0.143. The van der Waals surface area contributed by atoms with Gasteiger partial charge in [-0.05, 0) is 19.1 Å². The molecular formula is C21H19N5OS. The van der Waals surface area contributed by atoms with Crippen molar-refractivity contribution >= 4 is 11.8 Å². The summed E-state index contributed by atoms with van der Waals surface area (Å²) in [5, 5.41) is 17.9. The summed E-state index contributed by atoms with van der Waals surface area (Å²) in [6, 6.07) is 19.7. The number of aromatic nitrogens is 5. The Morgan fingerprint density at radius 3 is 2.32 bits per heavy atom. The van der Waals surface area contributed by atoms with E-state index in [0.29, 0.717) is 18.3 Å². The molecular weight excluding hydrogens is 370 g/mol. The van der Waals surface area contributed by atoms with Gasteiger partial charge >= 0.3 is 0 Å². The molecule has 0 aliphatic heterocycles. The third-order valence-corrected chi connectivity index (χ3v) is 5.22. The Morgan fingerprint density at radius 1 is 0.964 bits per heavy atom. The average molecular weight is 389 g/mol. The fourth-order valence-electron chi connectivity index (χ4n) is 2.78. The Balaban J connectivity index is 1.58. The van der Waals surface area contributed by atoms with Crippen molar-refractivity contribution in [2.45, 2.75) is 23.9 Å². The molecule has 6 nitrogen and oxygen atoms in total. The first-order valence-corrected chi connectivity index (χ1v) is 9.79. The third kappa shape index (κ3) is 3.75. The van der Waals surface area contributed by atoms with E-state index in [2.05, 4.69) is 27.0 Å². The molecule has 2 aromatic carbocycles. The second-order valence-electron chi connectivity index (χ2n) is 6.14. The number of allylic oxidation sites excluding steroid dienone is 1. The highest BCUT2D eigenvalue weighted by Gasteiger charge is 2.21. The Morgan fingerprint density at radius 2 is 1.64 bits per heavy atom. The smallest absolute Gasteiger partial charge is 0.247 e. The van der Waals surface area contributed by atoms with Crippen LogP contribution in [-0.2, 0) is 6.54 Å². The zero-order valence-electron chi connectivity index (χ0n) is 15.4. The average Bonchev–Trinajstić information content (AvgIpc) is 3.38. The fourth-order valence-corrected chi connectivity index (χ4v) is 3.66. The Hall–Kier alpha value is -3.19.